The number of aliphatic carboxylic acids is 1. The molecule has 0 aliphatic heterocycles. The van der Waals surface area contributed by atoms with Crippen LogP contribution in [0.3, 0.4) is 0 Å². The summed E-state index contributed by atoms with van der Waals surface area (Å²) in [5, 5.41) is 17.4. The van der Waals surface area contributed by atoms with Crippen LogP contribution in [0.15, 0.2) is 59.5 Å². The van der Waals surface area contributed by atoms with E-state index in [0.717, 1.165) is 7.05 Å². The number of nitrogens with zero attached hydrogens (tertiary/aromatic N) is 2. The number of para-hydroxylation sites is 1. The third-order valence-electron chi connectivity index (χ3n) is 3.83. The summed E-state index contributed by atoms with van der Waals surface area (Å²) in [4.78, 5) is 23.0. The van der Waals surface area contributed by atoms with Crippen molar-refractivity contribution < 1.29 is 27.9 Å². The number of carboxylic acid groups (broad SMARTS) is 1. The van der Waals surface area contributed by atoms with Crippen LogP contribution in [0.1, 0.15) is 15.9 Å². The van der Waals surface area contributed by atoms with Crippen molar-refractivity contribution in [3.8, 4) is 11.8 Å². The van der Waals surface area contributed by atoms with Crippen LogP contribution < -0.4 is 4.74 Å². The minimum Gasteiger partial charge on any atom is -0.480 e. The molecule has 0 aliphatic carbocycles. The molecule has 9 heteroatoms. The van der Waals surface area contributed by atoms with Gasteiger partial charge in [-0.05, 0) is 42.5 Å². The molecule has 29 heavy (non-hydrogen) atoms. The number of hydrogen-bond donors (Lipinski definition) is 1. The van der Waals surface area contributed by atoms with Gasteiger partial charge in [0.25, 0.3) is 0 Å². The minimum atomic E-state index is -3.97. The van der Waals surface area contributed by atoms with E-state index in [2.05, 4.69) is 0 Å². The molecule has 0 spiro atoms. The van der Waals surface area contributed by atoms with Crippen LogP contribution in [0, 0.1) is 11.3 Å². The minimum absolute atomic E-state index is 0.114. The van der Waals surface area contributed by atoms with E-state index in [4.69, 9.17) is 15.1 Å². The van der Waals surface area contributed by atoms with E-state index >= 15 is 0 Å². The zero-order chi connectivity index (χ0) is 21.4. The highest BCUT2D eigenvalue weighted by molar-refractivity contribution is 7.89. The van der Waals surface area contributed by atoms with Crippen LogP contribution in [-0.2, 0) is 14.8 Å². The molecule has 0 amide bonds. The van der Waals surface area contributed by atoms with E-state index in [0.29, 0.717) is 15.6 Å². The Morgan fingerprint density at radius 1 is 1.17 bits per heavy atom. The number of carbonyl (C=O) groups is 2. The molecule has 0 saturated carbocycles. The molecule has 150 valence electrons. The molecular weight excluding hydrogens is 396 g/mol. The molecule has 0 heterocycles. The summed E-state index contributed by atoms with van der Waals surface area (Å²) in [5.41, 5.74) is 0.877. The van der Waals surface area contributed by atoms with Crippen molar-refractivity contribution in [1.29, 1.82) is 5.26 Å². The van der Waals surface area contributed by atoms with Crippen LogP contribution in [0.4, 0.5) is 0 Å². The average molecular weight is 414 g/mol. The van der Waals surface area contributed by atoms with Crippen molar-refractivity contribution in [2.75, 3.05) is 20.2 Å². The van der Waals surface area contributed by atoms with E-state index in [1.165, 1.54) is 30.3 Å². The summed E-state index contributed by atoms with van der Waals surface area (Å²) in [7, 11) is -2.80. The Bertz CT molecular complexity index is 1070. The van der Waals surface area contributed by atoms with Crippen molar-refractivity contribution in [3.63, 3.8) is 0 Å². The first kappa shape index (κ1) is 21.8. The second kappa shape index (κ2) is 9.64. The Hall–Kier alpha value is -3.48. The summed E-state index contributed by atoms with van der Waals surface area (Å²) < 4.78 is 30.6. The SMILES string of the molecule is CN(CC(=O)O)S(=O)(=O)c1ccc(C(=O)/C=C/c2ccccc2OCC#N)cc1. The van der Waals surface area contributed by atoms with E-state index in [9.17, 15) is 18.0 Å². The quantitative estimate of drug-likeness (QED) is 0.492. The fourth-order valence-electron chi connectivity index (χ4n) is 2.37. The Morgan fingerprint density at radius 3 is 2.45 bits per heavy atom. The second-order valence-corrected chi connectivity index (χ2v) is 7.91. The third-order valence-corrected chi connectivity index (χ3v) is 5.65. The highest BCUT2D eigenvalue weighted by Crippen LogP contribution is 2.20. The first-order valence-corrected chi connectivity index (χ1v) is 9.79. The molecule has 0 radical (unpaired) electrons. The molecule has 1 N–H and O–H groups in total. The third kappa shape index (κ3) is 5.75. The predicted molar refractivity (Wildman–Crippen MR) is 105 cm³/mol. The monoisotopic (exact) mass is 414 g/mol. The topological polar surface area (TPSA) is 125 Å². The number of ketones is 1. The Labute approximate surface area is 168 Å². The lowest BCUT2D eigenvalue weighted by Crippen LogP contribution is -2.32. The largest absolute Gasteiger partial charge is 0.480 e. The molecule has 0 atom stereocenters. The lowest BCUT2D eigenvalue weighted by Gasteiger charge is -2.14. The van der Waals surface area contributed by atoms with E-state index < -0.39 is 22.5 Å². The van der Waals surface area contributed by atoms with Crippen LogP contribution in [0.2, 0.25) is 0 Å². The number of rotatable bonds is 9. The number of carbonyl (C=O) groups excluding carboxylic acids is 1. The van der Waals surface area contributed by atoms with Gasteiger partial charge in [0, 0.05) is 18.2 Å². The van der Waals surface area contributed by atoms with E-state index in [1.54, 1.807) is 30.3 Å². The summed E-state index contributed by atoms with van der Waals surface area (Å²) >= 11 is 0. The van der Waals surface area contributed by atoms with Gasteiger partial charge >= 0.3 is 5.97 Å². The van der Waals surface area contributed by atoms with Crippen molar-refractivity contribution in [2.45, 2.75) is 4.90 Å². The molecule has 2 rings (SSSR count). The summed E-state index contributed by atoms with van der Waals surface area (Å²) in [6.45, 7) is -0.788. The highest BCUT2D eigenvalue weighted by atomic mass is 32.2. The number of carboxylic acids is 1. The van der Waals surface area contributed by atoms with Gasteiger partial charge in [-0.3, -0.25) is 9.59 Å². The second-order valence-electron chi connectivity index (χ2n) is 5.86. The van der Waals surface area contributed by atoms with Gasteiger partial charge in [0.05, 0.1) is 4.90 Å². The van der Waals surface area contributed by atoms with Gasteiger partial charge in [0.15, 0.2) is 12.4 Å². The maximum atomic E-state index is 12.4. The fraction of sp³-hybridized carbons (Fsp3) is 0.150. The smallest absolute Gasteiger partial charge is 0.318 e. The lowest BCUT2D eigenvalue weighted by molar-refractivity contribution is -0.137. The average Bonchev–Trinajstić information content (AvgIpc) is 2.70. The molecule has 0 aliphatic rings. The van der Waals surface area contributed by atoms with Gasteiger partial charge in [-0.15, -0.1) is 0 Å². The first-order chi connectivity index (χ1) is 13.8. The van der Waals surface area contributed by atoms with Crippen molar-refractivity contribution in [1.82, 2.24) is 4.31 Å². The van der Waals surface area contributed by atoms with Crippen LogP contribution in [-0.4, -0.2) is 49.8 Å². The van der Waals surface area contributed by atoms with Crippen molar-refractivity contribution >= 4 is 27.9 Å². The molecule has 2 aromatic rings. The first-order valence-electron chi connectivity index (χ1n) is 8.35. The molecule has 8 nitrogen and oxygen atoms in total. The Balaban J connectivity index is 2.17. The molecule has 0 bridgehead atoms. The molecule has 0 unspecified atom stereocenters. The standard InChI is InChI=1S/C20H18N2O6S/c1-22(14-20(24)25)29(26,27)17-9-6-15(7-10-17)18(23)11-8-16-4-2-3-5-19(16)28-13-12-21/h2-11H,13-14H2,1H3,(H,24,25)/b11-8+. The van der Waals surface area contributed by atoms with Gasteiger partial charge in [-0.2, -0.15) is 9.57 Å². The van der Waals surface area contributed by atoms with Gasteiger partial charge in [-0.1, -0.05) is 18.2 Å². The van der Waals surface area contributed by atoms with Gasteiger partial charge in [0.1, 0.15) is 18.4 Å². The molecular formula is C20H18N2O6S. The lowest BCUT2D eigenvalue weighted by atomic mass is 10.1. The number of ether oxygens (including phenoxy) is 1. The number of benzene rings is 2. The molecule has 0 saturated heterocycles. The molecule has 0 aromatic heterocycles. The number of hydrogen-bond acceptors (Lipinski definition) is 6. The Kier molecular flexibility index (Phi) is 7.25. The predicted octanol–water partition coefficient (Wildman–Crippen LogP) is 2.19. The normalized spacial score (nSPS) is 11.3. The van der Waals surface area contributed by atoms with Gasteiger partial charge in [0.2, 0.25) is 10.0 Å². The van der Waals surface area contributed by atoms with E-state index in [1.807, 2.05) is 6.07 Å². The van der Waals surface area contributed by atoms with Crippen LogP contribution >= 0.6 is 0 Å². The zero-order valence-electron chi connectivity index (χ0n) is 15.5. The maximum absolute atomic E-state index is 12.4. The summed E-state index contributed by atoms with van der Waals surface area (Å²) in [6, 6.07) is 14.0. The number of nitriles is 1. The number of likely N-dealkylation sites (N-methyl/N-ethyl adjacent to an activating group) is 1. The molecule has 2 aromatic carbocycles. The van der Waals surface area contributed by atoms with Crippen LogP contribution in [0.5, 0.6) is 5.75 Å². The maximum Gasteiger partial charge on any atom is 0.318 e. The van der Waals surface area contributed by atoms with Gasteiger partial charge in [-0.25, -0.2) is 8.42 Å². The van der Waals surface area contributed by atoms with Crippen LogP contribution in [0.25, 0.3) is 6.08 Å². The molecule has 0 fully saturated rings. The van der Waals surface area contributed by atoms with E-state index in [-0.39, 0.29) is 22.8 Å². The fourth-order valence-corrected chi connectivity index (χ4v) is 3.49. The zero-order valence-corrected chi connectivity index (χ0v) is 16.3. The van der Waals surface area contributed by atoms with Crippen molar-refractivity contribution in [2.24, 2.45) is 0 Å². The Morgan fingerprint density at radius 2 is 1.83 bits per heavy atom. The number of allylic oxidation sites excluding steroid dienone is 1. The summed E-state index contributed by atoms with van der Waals surface area (Å²) in [5.74, 6) is -1.17. The highest BCUT2D eigenvalue weighted by Gasteiger charge is 2.22. The number of sulfonamides is 1. The summed E-state index contributed by atoms with van der Waals surface area (Å²) in [6.07, 6.45) is 2.86. The van der Waals surface area contributed by atoms with Gasteiger partial charge < -0.3 is 9.84 Å². The van der Waals surface area contributed by atoms with Crippen molar-refractivity contribution in [3.05, 3.63) is 65.7 Å².